The summed E-state index contributed by atoms with van der Waals surface area (Å²) < 4.78 is 49.6. The van der Waals surface area contributed by atoms with Gasteiger partial charge in [-0.05, 0) is 44.0 Å². The van der Waals surface area contributed by atoms with E-state index < -0.39 is 12.6 Å². The molecule has 0 aliphatic carbocycles. The van der Waals surface area contributed by atoms with Crippen molar-refractivity contribution in [1.82, 2.24) is 5.32 Å². The highest BCUT2D eigenvalue weighted by atomic mass is 32.2. The van der Waals surface area contributed by atoms with Crippen LogP contribution in [-0.2, 0) is 0 Å². The van der Waals surface area contributed by atoms with Crippen LogP contribution in [0.25, 0.3) is 0 Å². The van der Waals surface area contributed by atoms with Crippen molar-refractivity contribution in [1.29, 1.82) is 0 Å². The molecule has 120 valence electrons. The van der Waals surface area contributed by atoms with Gasteiger partial charge in [0.25, 0.3) is 0 Å². The molecule has 1 nitrogen and oxygen atoms in total. The highest BCUT2D eigenvalue weighted by Crippen LogP contribution is 2.25. The summed E-state index contributed by atoms with van der Waals surface area (Å²) in [5, 5.41) is 3.26. The molecule has 0 saturated carbocycles. The van der Waals surface area contributed by atoms with Crippen molar-refractivity contribution < 1.29 is 17.6 Å². The van der Waals surface area contributed by atoms with Gasteiger partial charge in [0.05, 0.1) is 0 Å². The van der Waals surface area contributed by atoms with E-state index in [9.17, 15) is 17.6 Å². The van der Waals surface area contributed by atoms with E-state index in [1.54, 1.807) is 12.1 Å². The molecule has 0 saturated heterocycles. The van der Waals surface area contributed by atoms with Gasteiger partial charge in [-0.2, -0.15) is 13.2 Å². The Bertz CT molecular complexity index is 409. The van der Waals surface area contributed by atoms with Crippen molar-refractivity contribution in [2.24, 2.45) is 0 Å². The lowest BCUT2D eigenvalue weighted by Crippen LogP contribution is -2.32. The van der Waals surface area contributed by atoms with Crippen LogP contribution < -0.4 is 5.32 Å². The minimum absolute atomic E-state index is 0.0144. The topological polar surface area (TPSA) is 12.0 Å². The third kappa shape index (κ3) is 8.98. The van der Waals surface area contributed by atoms with Gasteiger partial charge in [0.15, 0.2) is 0 Å². The van der Waals surface area contributed by atoms with E-state index in [1.165, 1.54) is 23.9 Å². The first-order chi connectivity index (χ1) is 9.90. The van der Waals surface area contributed by atoms with Crippen molar-refractivity contribution in [3.8, 4) is 0 Å². The predicted molar refractivity (Wildman–Crippen MR) is 79.1 cm³/mol. The van der Waals surface area contributed by atoms with E-state index in [1.807, 2.05) is 6.92 Å². The minimum atomic E-state index is -4.09. The van der Waals surface area contributed by atoms with Gasteiger partial charge in [-0.1, -0.05) is 13.0 Å². The number of halogens is 4. The second kappa shape index (κ2) is 9.30. The quantitative estimate of drug-likeness (QED) is 0.506. The molecule has 0 fully saturated rings. The third-order valence-electron chi connectivity index (χ3n) is 2.94. The van der Waals surface area contributed by atoms with Crippen LogP contribution >= 0.6 is 11.8 Å². The van der Waals surface area contributed by atoms with Crippen LogP contribution in [-0.4, -0.2) is 24.5 Å². The number of thioether (sulfide) groups is 1. The average molecular weight is 323 g/mol. The maximum Gasteiger partial charge on any atom is 0.389 e. The molecule has 1 rings (SSSR count). The standard InChI is InChI=1S/C15H21F4NS/c1-2-9-20-13(6-4-8-15(17,18)19)11-21-14-7-3-5-12(16)10-14/h3,5,7,10,13,20H,2,4,6,8-9,11H2,1H3. The van der Waals surface area contributed by atoms with Crippen molar-refractivity contribution in [3.05, 3.63) is 30.1 Å². The van der Waals surface area contributed by atoms with Gasteiger partial charge in [0, 0.05) is 23.1 Å². The molecule has 0 bridgehead atoms. The Balaban J connectivity index is 2.41. The van der Waals surface area contributed by atoms with Crippen LogP contribution in [0.4, 0.5) is 17.6 Å². The maximum atomic E-state index is 13.1. The molecule has 0 heterocycles. The molecule has 0 radical (unpaired) electrons. The summed E-state index contributed by atoms with van der Waals surface area (Å²) in [6.07, 6.45) is -3.32. The lowest BCUT2D eigenvalue weighted by molar-refractivity contribution is -0.135. The van der Waals surface area contributed by atoms with Gasteiger partial charge < -0.3 is 5.32 Å². The molecule has 1 N–H and O–H groups in total. The number of nitrogens with one attached hydrogen (secondary N) is 1. The monoisotopic (exact) mass is 323 g/mol. The van der Waals surface area contributed by atoms with Crippen molar-refractivity contribution in [2.75, 3.05) is 12.3 Å². The normalized spacial score (nSPS) is 13.4. The minimum Gasteiger partial charge on any atom is -0.313 e. The Labute approximate surface area is 127 Å². The largest absolute Gasteiger partial charge is 0.389 e. The zero-order chi connectivity index (χ0) is 15.7. The van der Waals surface area contributed by atoms with E-state index in [2.05, 4.69) is 5.32 Å². The fourth-order valence-electron chi connectivity index (χ4n) is 1.90. The summed E-state index contributed by atoms with van der Waals surface area (Å²) in [6.45, 7) is 2.79. The summed E-state index contributed by atoms with van der Waals surface area (Å²) in [4.78, 5) is 0.800. The molecule has 6 heteroatoms. The molecule has 0 spiro atoms. The maximum absolute atomic E-state index is 13.1. The van der Waals surface area contributed by atoms with Gasteiger partial charge in [0.2, 0.25) is 0 Å². The van der Waals surface area contributed by atoms with Crippen LogP contribution in [0.15, 0.2) is 29.2 Å². The number of rotatable bonds is 9. The molecular formula is C15H21F4NS. The second-order valence-corrected chi connectivity index (χ2v) is 6.02. The molecule has 0 amide bonds. The van der Waals surface area contributed by atoms with E-state index >= 15 is 0 Å². The van der Waals surface area contributed by atoms with Crippen LogP contribution in [0.1, 0.15) is 32.6 Å². The van der Waals surface area contributed by atoms with E-state index in [0.29, 0.717) is 12.2 Å². The Morgan fingerprint density at radius 1 is 1.29 bits per heavy atom. The first kappa shape index (κ1) is 18.3. The fourth-order valence-corrected chi connectivity index (χ4v) is 2.94. The van der Waals surface area contributed by atoms with Gasteiger partial charge >= 0.3 is 6.18 Å². The summed E-state index contributed by atoms with van der Waals surface area (Å²) >= 11 is 1.47. The number of hydrogen-bond acceptors (Lipinski definition) is 2. The second-order valence-electron chi connectivity index (χ2n) is 4.93. The Kier molecular flexibility index (Phi) is 8.11. The first-order valence-electron chi connectivity index (χ1n) is 7.09. The molecule has 21 heavy (non-hydrogen) atoms. The summed E-state index contributed by atoms with van der Waals surface area (Å²) in [6, 6.07) is 6.27. The van der Waals surface area contributed by atoms with Crippen LogP contribution in [0, 0.1) is 5.82 Å². The van der Waals surface area contributed by atoms with E-state index in [4.69, 9.17) is 0 Å². The molecule has 1 aromatic rings. The molecule has 0 aliphatic rings. The third-order valence-corrected chi connectivity index (χ3v) is 4.10. The lowest BCUT2D eigenvalue weighted by Gasteiger charge is -2.18. The molecule has 0 aliphatic heterocycles. The summed E-state index contributed by atoms with van der Waals surface area (Å²) in [5.74, 6) is 0.344. The van der Waals surface area contributed by atoms with Gasteiger partial charge in [-0.3, -0.25) is 0 Å². The van der Waals surface area contributed by atoms with Crippen molar-refractivity contribution >= 4 is 11.8 Å². The van der Waals surface area contributed by atoms with Crippen molar-refractivity contribution in [3.63, 3.8) is 0 Å². The summed E-state index contributed by atoms with van der Waals surface area (Å²) in [5.41, 5.74) is 0. The van der Waals surface area contributed by atoms with Crippen LogP contribution in [0.3, 0.4) is 0 Å². The van der Waals surface area contributed by atoms with Crippen LogP contribution in [0.5, 0.6) is 0 Å². The van der Waals surface area contributed by atoms with Crippen LogP contribution in [0.2, 0.25) is 0 Å². The molecule has 1 aromatic carbocycles. The highest BCUT2D eigenvalue weighted by Gasteiger charge is 2.26. The Morgan fingerprint density at radius 3 is 2.67 bits per heavy atom. The molecule has 1 unspecified atom stereocenters. The zero-order valence-electron chi connectivity index (χ0n) is 12.0. The molecule has 1 atom stereocenters. The predicted octanol–water partition coefficient (Wildman–Crippen LogP) is 5.02. The van der Waals surface area contributed by atoms with Gasteiger partial charge in [-0.25, -0.2) is 4.39 Å². The fraction of sp³-hybridized carbons (Fsp3) is 0.600. The Morgan fingerprint density at radius 2 is 2.05 bits per heavy atom. The van der Waals surface area contributed by atoms with Crippen molar-refractivity contribution in [2.45, 2.75) is 49.7 Å². The average Bonchev–Trinajstić information content (AvgIpc) is 2.40. The van der Waals surface area contributed by atoms with E-state index in [-0.39, 0.29) is 18.3 Å². The van der Waals surface area contributed by atoms with E-state index in [0.717, 1.165) is 17.9 Å². The molecule has 0 aromatic heterocycles. The zero-order valence-corrected chi connectivity index (χ0v) is 12.9. The Hall–Kier alpha value is -0.750. The summed E-state index contributed by atoms with van der Waals surface area (Å²) in [7, 11) is 0. The number of benzene rings is 1. The highest BCUT2D eigenvalue weighted by molar-refractivity contribution is 7.99. The lowest BCUT2D eigenvalue weighted by atomic mass is 10.1. The number of alkyl halides is 3. The number of hydrogen-bond donors (Lipinski definition) is 1. The smallest absolute Gasteiger partial charge is 0.313 e. The SMILES string of the molecule is CCCNC(CCCC(F)(F)F)CSc1cccc(F)c1. The first-order valence-corrected chi connectivity index (χ1v) is 8.08. The van der Waals surface area contributed by atoms with Gasteiger partial charge in [0.1, 0.15) is 5.82 Å². The molecular weight excluding hydrogens is 302 g/mol. The van der Waals surface area contributed by atoms with Gasteiger partial charge in [-0.15, -0.1) is 11.8 Å².